The van der Waals surface area contributed by atoms with Gasteiger partial charge in [0, 0.05) is 6.42 Å². The average Bonchev–Trinajstić information content (AvgIpc) is 2.78. The van der Waals surface area contributed by atoms with Crippen molar-refractivity contribution in [1.29, 1.82) is 0 Å². The van der Waals surface area contributed by atoms with Crippen LogP contribution in [0.15, 0.2) is 36.5 Å². The van der Waals surface area contributed by atoms with Crippen LogP contribution >= 0.6 is 0 Å². The smallest absolute Gasteiger partial charge is 0.303 e. The summed E-state index contributed by atoms with van der Waals surface area (Å²) in [5.74, 6) is -0.658. The van der Waals surface area contributed by atoms with Crippen molar-refractivity contribution in [3.05, 3.63) is 36.5 Å². The molecule has 186 valence electrons. The lowest BCUT2D eigenvalue weighted by Gasteiger charge is -2.02. The Bertz CT molecular complexity index is 461. The van der Waals surface area contributed by atoms with E-state index in [1.807, 2.05) is 0 Å². The molecule has 0 amide bonds. The number of hydrogen-bond donors (Lipinski definition) is 1. The quantitative estimate of drug-likeness (QED) is 0.112. The Morgan fingerprint density at radius 3 is 1.25 bits per heavy atom. The molecule has 0 bridgehead atoms. The maximum absolute atomic E-state index is 10.4. The second-order valence-electron chi connectivity index (χ2n) is 9.26. The van der Waals surface area contributed by atoms with E-state index in [9.17, 15) is 4.79 Å². The van der Waals surface area contributed by atoms with Gasteiger partial charge in [0.05, 0.1) is 0 Å². The molecule has 0 aromatic rings. The van der Waals surface area contributed by atoms with Gasteiger partial charge in [-0.3, -0.25) is 4.79 Å². The maximum Gasteiger partial charge on any atom is 0.303 e. The van der Waals surface area contributed by atoms with Crippen molar-refractivity contribution in [1.82, 2.24) is 0 Å². The minimum absolute atomic E-state index is 0.336. The van der Waals surface area contributed by atoms with Gasteiger partial charge >= 0.3 is 5.97 Å². The molecule has 0 rings (SSSR count). The Labute approximate surface area is 200 Å². The van der Waals surface area contributed by atoms with Gasteiger partial charge in [0.15, 0.2) is 0 Å². The number of carbonyl (C=O) groups is 1. The van der Waals surface area contributed by atoms with Gasteiger partial charge in [-0.05, 0) is 44.9 Å². The van der Waals surface area contributed by atoms with Crippen molar-refractivity contribution < 1.29 is 9.90 Å². The van der Waals surface area contributed by atoms with Crippen molar-refractivity contribution in [2.24, 2.45) is 0 Å². The number of carboxylic acid groups (broad SMARTS) is 1. The maximum atomic E-state index is 10.4. The van der Waals surface area contributed by atoms with Crippen LogP contribution < -0.4 is 0 Å². The van der Waals surface area contributed by atoms with Crippen LogP contribution in [0.3, 0.4) is 0 Å². The molecule has 0 heterocycles. The predicted molar refractivity (Wildman–Crippen MR) is 142 cm³/mol. The zero-order valence-corrected chi connectivity index (χ0v) is 21.4. The van der Waals surface area contributed by atoms with E-state index in [-0.39, 0.29) is 0 Å². The highest BCUT2D eigenvalue weighted by Gasteiger charge is 1.97. The van der Waals surface area contributed by atoms with E-state index in [1.54, 1.807) is 0 Å². The predicted octanol–water partition coefficient (Wildman–Crippen LogP) is 10.3. The Balaban J connectivity index is 3.22. The van der Waals surface area contributed by atoms with Gasteiger partial charge in [-0.1, -0.05) is 133 Å². The molecule has 0 aliphatic carbocycles. The summed E-state index contributed by atoms with van der Waals surface area (Å²) in [6.07, 6.45) is 41.0. The lowest BCUT2D eigenvalue weighted by molar-refractivity contribution is -0.137. The van der Waals surface area contributed by atoms with Crippen LogP contribution in [0.2, 0.25) is 0 Å². The lowest BCUT2D eigenvalue weighted by atomic mass is 10.0. The average molecular weight is 447 g/mol. The highest BCUT2D eigenvalue weighted by atomic mass is 16.4. The molecule has 0 saturated carbocycles. The minimum atomic E-state index is -0.658. The molecular weight excluding hydrogens is 392 g/mol. The minimum Gasteiger partial charge on any atom is -0.481 e. The molecule has 0 aromatic carbocycles. The molecule has 1 N–H and O–H groups in total. The Kier molecular flexibility index (Phi) is 26.6. The molecule has 0 spiro atoms. The SMILES string of the molecule is CCCCCCCCC=CCC=CCC=CCCCCCCCCCCCCCC(=O)O. The van der Waals surface area contributed by atoms with Gasteiger partial charge in [-0.15, -0.1) is 0 Å². The molecule has 0 aliphatic heterocycles. The molecule has 0 aliphatic rings. The largest absolute Gasteiger partial charge is 0.481 e. The van der Waals surface area contributed by atoms with Crippen molar-refractivity contribution in [3.8, 4) is 0 Å². The van der Waals surface area contributed by atoms with Crippen molar-refractivity contribution >= 4 is 5.97 Å². The topological polar surface area (TPSA) is 37.3 Å². The third-order valence-electron chi connectivity index (χ3n) is 6.03. The molecule has 32 heavy (non-hydrogen) atoms. The molecule has 0 unspecified atom stereocenters. The zero-order valence-electron chi connectivity index (χ0n) is 21.4. The van der Waals surface area contributed by atoms with Crippen LogP contribution in [0.1, 0.15) is 148 Å². The van der Waals surface area contributed by atoms with Crippen LogP contribution in [-0.2, 0) is 4.79 Å². The van der Waals surface area contributed by atoms with E-state index in [4.69, 9.17) is 5.11 Å². The molecule has 0 atom stereocenters. The number of rotatable bonds is 25. The monoisotopic (exact) mass is 446 g/mol. The van der Waals surface area contributed by atoms with Gasteiger partial charge in [0.1, 0.15) is 0 Å². The van der Waals surface area contributed by atoms with Crippen LogP contribution in [-0.4, -0.2) is 11.1 Å². The van der Waals surface area contributed by atoms with E-state index in [0.29, 0.717) is 6.42 Å². The standard InChI is InChI=1S/C30H54O2/c1-2-3-4-5-6-7-8-9-10-11-12-13-14-15-16-17-18-19-20-21-22-23-24-25-26-27-28-29-30(31)32/h9-10,12-13,15-16H,2-8,11,14,17-29H2,1H3,(H,31,32). The van der Waals surface area contributed by atoms with Crippen LogP contribution in [0.4, 0.5) is 0 Å². The Morgan fingerprint density at radius 2 is 0.844 bits per heavy atom. The van der Waals surface area contributed by atoms with E-state index >= 15 is 0 Å². The fraction of sp³-hybridized carbons (Fsp3) is 0.767. The fourth-order valence-electron chi connectivity index (χ4n) is 3.95. The van der Waals surface area contributed by atoms with Crippen LogP contribution in [0, 0.1) is 0 Å². The lowest BCUT2D eigenvalue weighted by Crippen LogP contribution is -1.93. The molecule has 2 heteroatoms. The number of aliphatic carboxylic acids is 1. The van der Waals surface area contributed by atoms with Crippen LogP contribution in [0.25, 0.3) is 0 Å². The normalized spacial score (nSPS) is 12.0. The summed E-state index contributed by atoms with van der Waals surface area (Å²) in [7, 11) is 0. The number of allylic oxidation sites excluding steroid dienone is 6. The zero-order chi connectivity index (χ0) is 23.4. The van der Waals surface area contributed by atoms with Gasteiger partial charge in [0.25, 0.3) is 0 Å². The Morgan fingerprint density at radius 1 is 0.500 bits per heavy atom. The van der Waals surface area contributed by atoms with Crippen LogP contribution in [0.5, 0.6) is 0 Å². The molecule has 0 saturated heterocycles. The first-order valence-electron chi connectivity index (χ1n) is 13.9. The van der Waals surface area contributed by atoms with Crippen molar-refractivity contribution in [3.63, 3.8) is 0 Å². The summed E-state index contributed by atoms with van der Waals surface area (Å²) in [6, 6.07) is 0. The summed E-state index contributed by atoms with van der Waals surface area (Å²) >= 11 is 0. The molecule has 0 radical (unpaired) electrons. The summed E-state index contributed by atoms with van der Waals surface area (Å²) in [5.41, 5.74) is 0. The van der Waals surface area contributed by atoms with Gasteiger partial charge in [-0.25, -0.2) is 0 Å². The third kappa shape index (κ3) is 28.7. The molecule has 0 aromatic heterocycles. The second kappa shape index (κ2) is 27.7. The first kappa shape index (κ1) is 30.7. The fourth-order valence-corrected chi connectivity index (χ4v) is 3.95. The number of hydrogen-bond acceptors (Lipinski definition) is 1. The summed E-state index contributed by atoms with van der Waals surface area (Å²) in [4.78, 5) is 10.4. The van der Waals surface area contributed by atoms with Crippen molar-refractivity contribution in [2.45, 2.75) is 148 Å². The first-order chi connectivity index (χ1) is 15.8. The third-order valence-corrected chi connectivity index (χ3v) is 6.03. The Hall–Kier alpha value is -1.31. The van der Waals surface area contributed by atoms with Gasteiger partial charge < -0.3 is 5.11 Å². The molecule has 0 fully saturated rings. The first-order valence-corrected chi connectivity index (χ1v) is 13.9. The molecular formula is C30H54O2. The van der Waals surface area contributed by atoms with E-state index in [2.05, 4.69) is 43.4 Å². The second-order valence-corrected chi connectivity index (χ2v) is 9.26. The number of carboxylic acids is 1. The summed E-state index contributed by atoms with van der Waals surface area (Å²) in [6.45, 7) is 2.27. The van der Waals surface area contributed by atoms with E-state index < -0.39 is 5.97 Å². The molecule has 2 nitrogen and oxygen atoms in total. The summed E-state index contributed by atoms with van der Waals surface area (Å²) < 4.78 is 0. The highest BCUT2D eigenvalue weighted by molar-refractivity contribution is 5.66. The van der Waals surface area contributed by atoms with Gasteiger partial charge in [-0.2, -0.15) is 0 Å². The van der Waals surface area contributed by atoms with Gasteiger partial charge in [0.2, 0.25) is 0 Å². The number of unbranched alkanes of at least 4 members (excludes halogenated alkanes) is 17. The van der Waals surface area contributed by atoms with E-state index in [1.165, 1.54) is 109 Å². The van der Waals surface area contributed by atoms with Crippen molar-refractivity contribution in [2.75, 3.05) is 0 Å². The summed E-state index contributed by atoms with van der Waals surface area (Å²) in [5, 5.41) is 8.60. The highest BCUT2D eigenvalue weighted by Crippen LogP contribution is 2.13. The van der Waals surface area contributed by atoms with E-state index in [0.717, 1.165) is 25.7 Å².